The monoisotopic (exact) mass is 188 g/mol. The molecule has 1 heterocycles. The summed E-state index contributed by atoms with van der Waals surface area (Å²) in [5.41, 5.74) is 2.23. The molecule has 72 valence electrons. The van der Waals surface area contributed by atoms with E-state index < -0.39 is 0 Å². The molecule has 0 unspecified atom stereocenters. The zero-order valence-corrected chi connectivity index (χ0v) is 8.07. The maximum Gasteiger partial charge on any atom is 0.117 e. The SMILES string of the molecule is CC1(n2cnc3ccc(O)cc32)CC1. The van der Waals surface area contributed by atoms with E-state index in [4.69, 9.17) is 0 Å². The fourth-order valence-corrected chi connectivity index (χ4v) is 1.85. The predicted octanol–water partition coefficient (Wildman–Crippen LogP) is 2.25. The lowest BCUT2D eigenvalue weighted by molar-refractivity contribution is 0.475. The van der Waals surface area contributed by atoms with Crippen LogP contribution in [0.4, 0.5) is 0 Å². The maximum atomic E-state index is 9.42. The molecule has 1 N–H and O–H groups in total. The van der Waals surface area contributed by atoms with Crippen LogP contribution in [-0.2, 0) is 5.54 Å². The van der Waals surface area contributed by atoms with Crippen molar-refractivity contribution in [3.63, 3.8) is 0 Å². The Morgan fingerprint density at radius 2 is 2.21 bits per heavy atom. The van der Waals surface area contributed by atoms with Crippen LogP contribution in [0, 0.1) is 0 Å². The van der Waals surface area contributed by atoms with Crippen LogP contribution >= 0.6 is 0 Å². The molecule has 0 amide bonds. The number of phenolic OH excluding ortho intramolecular Hbond substituents is 1. The van der Waals surface area contributed by atoms with Crippen LogP contribution in [0.3, 0.4) is 0 Å². The highest BCUT2D eigenvalue weighted by molar-refractivity contribution is 5.77. The van der Waals surface area contributed by atoms with E-state index in [9.17, 15) is 5.11 Å². The summed E-state index contributed by atoms with van der Waals surface area (Å²) in [6, 6.07) is 5.31. The molecule has 0 bridgehead atoms. The molecule has 1 aliphatic rings. The molecule has 1 saturated carbocycles. The Morgan fingerprint density at radius 1 is 1.43 bits per heavy atom. The van der Waals surface area contributed by atoms with E-state index in [0.29, 0.717) is 5.75 Å². The van der Waals surface area contributed by atoms with Crippen LogP contribution in [0.2, 0.25) is 0 Å². The molecule has 0 radical (unpaired) electrons. The Morgan fingerprint density at radius 3 is 2.93 bits per heavy atom. The molecule has 1 fully saturated rings. The van der Waals surface area contributed by atoms with E-state index >= 15 is 0 Å². The third-order valence-corrected chi connectivity index (χ3v) is 3.09. The number of benzene rings is 1. The molecule has 0 saturated heterocycles. The Kier molecular flexibility index (Phi) is 1.29. The third-order valence-electron chi connectivity index (χ3n) is 3.09. The lowest BCUT2D eigenvalue weighted by Gasteiger charge is -2.11. The second-order valence-corrected chi connectivity index (χ2v) is 4.28. The fraction of sp³-hybridized carbons (Fsp3) is 0.364. The van der Waals surface area contributed by atoms with E-state index in [1.807, 2.05) is 12.4 Å². The van der Waals surface area contributed by atoms with Crippen molar-refractivity contribution in [2.24, 2.45) is 0 Å². The number of aromatic hydroxyl groups is 1. The number of fused-ring (bicyclic) bond motifs is 1. The van der Waals surface area contributed by atoms with Crippen molar-refractivity contribution in [2.45, 2.75) is 25.3 Å². The first-order chi connectivity index (χ1) is 6.69. The Balaban J connectivity index is 2.29. The highest BCUT2D eigenvalue weighted by Crippen LogP contribution is 2.44. The topological polar surface area (TPSA) is 38.0 Å². The maximum absolute atomic E-state index is 9.42. The van der Waals surface area contributed by atoms with E-state index in [0.717, 1.165) is 11.0 Å². The summed E-state index contributed by atoms with van der Waals surface area (Å²) in [6.07, 6.45) is 4.28. The molecule has 0 atom stereocenters. The van der Waals surface area contributed by atoms with Crippen LogP contribution in [0.25, 0.3) is 11.0 Å². The zero-order chi connectivity index (χ0) is 9.76. The van der Waals surface area contributed by atoms with Crippen molar-refractivity contribution >= 4 is 11.0 Å². The molecule has 1 aliphatic carbocycles. The first-order valence-electron chi connectivity index (χ1n) is 4.86. The van der Waals surface area contributed by atoms with E-state index in [1.54, 1.807) is 12.1 Å². The minimum absolute atomic E-state index is 0.239. The molecule has 0 aliphatic heterocycles. The smallest absolute Gasteiger partial charge is 0.117 e. The number of rotatable bonds is 1. The summed E-state index contributed by atoms with van der Waals surface area (Å²) in [4.78, 5) is 4.32. The number of phenols is 1. The molecule has 3 rings (SSSR count). The van der Waals surface area contributed by atoms with Gasteiger partial charge >= 0.3 is 0 Å². The zero-order valence-electron chi connectivity index (χ0n) is 8.07. The Labute approximate surface area is 82.0 Å². The van der Waals surface area contributed by atoms with Gasteiger partial charge in [0.05, 0.1) is 17.4 Å². The largest absolute Gasteiger partial charge is 0.508 e. The second kappa shape index (κ2) is 2.29. The Bertz CT molecular complexity index is 497. The van der Waals surface area contributed by atoms with E-state index in [-0.39, 0.29) is 5.54 Å². The predicted molar refractivity (Wildman–Crippen MR) is 54.3 cm³/mol. The molecule has 0 spiro atoms. The summed E-state index contributed by atoms with van der Waals surface area (Å²) in [7, 11) is 0. The van der Waals surface area contributed by atoms with Gasteiger partial charge in [-0.05, 0) is 31.9 Å². The molecule has 3 heteroatoms. The Hall–Kier alpha value is -1.51. The van der Waals surface area contributed by atoms with Crippen molar-refractivity contribution < 1.29 is 5.11 Å². The van der Waals surface area contributed by atoms with Crippen LogP contribution < -0.4 is 0 Å². The first kappa shape index (κ1) is 7.85. The summed E-state index contributed by atoms with van der Waals surface area (Å²) in [5, 5.41) is 9.42. The van der Waals surface area contributed by atoms with Crippen LogP contribution in [0.5, 0.6) is 5.75 Å². The van der Waals surface area contributed by atoms with Crippen LogP contribution in [0.15, 0.2) is 24.5 Å². The average molecular weight is 188 g/mol. The van der Waals surface area contributed by atoms with E-state index in [2.05, 4.69) is 16.5 Å². The summed E-state index contributed by atoms with van der Waals surface area (Å²) >= 11 is 0. The summed E-state index contributed by atoms with van der Waals surface area (Å²) in [6.45, 7) is 2.22. The molecular formula is C11H12N2O. The number of nitrogens with zero attached hydrogens (tertiary/aromatic N) is 2. The fourth-order valence-electron chi connectivity index (χ4n) is 1.85. The number of hydrogen-bond donors (Lipinski definition) is 1. The molecule has 2 aromatic rings. The highest BCUT2D eigenvalue weighted by Gasteiger charge is 2.39. The van der Waals surface area contributed by atoms with Crippen molar-refractivity contribution in [1.82, 2.24) is 9.55 Å². The van der Waals surface area contributed by atoms with Crippen molar-refractivity contribution in [3.05, 3.63) is 24.5 Å². The van der Waals surface area contributed by atoms with Gasteiger partial charge in [-0.2, -0.15) is 0 Å². The normalized spacial score (nSPS) is 18.6. The summed E-state index contributed by atoms with van der Waals surface area (Å²) < 4.78 is 2.17. The summed E-state index contributed by atoms with van der Waals surface area (Å²) in [5.74, 6) is 0.309. The van der Waals surface area contributed by atoms with Gasteiger partial charge in [-0.3, -0.25) is 0 Å². The number of aromatic nitrogens is 2. The van der Waals surface area contributed by atoms with Crippen molar-refractivity contribution in [1.29, 1.82) is 0 Å². The van der Waals surface area contributed by atoms with Gasteiger partial charge in [0.15, 0.2) is 0 Å². The first-order valence-corrected chi connectivity index (χ1v) is 4.86. The number of imidazole rings is 1. The van der Waals surface area contributed by atoms with Gasteiger partial charge in [-0.25, -0.2) is 4.98 Å². The average Bonchev–Trinajstić information content (AvgIpc) is 2.77. The third kappa shape index (κ3) is 0.953. The van der Waals surface area contributed by atoms with Gasteiger partial charge in [0.2, 0.25) is 0 Å². The quantitative estimate of drug-likeness (QED) is 0.745. The van der Waals surface area contributed by atoms with Crippen molar-refractivity contribution in [3.8, 4) is 5.75 Å². The van der Waals surface area contributed by atoms with E-state index in [1.165, 1.54) is 12.8 Å². The minimum atomic E-state index is 0.239. The molecular weight excluding hydrogens is 176 g/mol. The molecule has 1 aromatic heterocycles. The van der Waals surface area contributed by atoms with Crippen LogP contribution in [-0.4, -0.2) is 14.7 Å². The lowest BCUT2D eigenvalue weighted by atomic mass is 10.2. The van der Waals surface area contributed by atoms with Gasteiger partial charge in [-0.1, -0.05) is 0 Å². The lowest BCUT2D eigenvalue weighted by Crippen LogP contribution is -2.10. The second-order valence-electron chi connectivity index (χ2n) is 4.28. The van der Waals surface area contributed by atoms with Crippen molar-refractivity contribution in [2.75, 3.05) is 0 Å². The van der Waals surface area contributed by atoms with Gasteiger partial charge in [0.1, 0.15) is 5.75 Å². The molecule has 1 aromatic carbocycles. The highest BCUT2D eigenvalue weighted by atomic mass is 16.3. The van der Waals surface area contributed by atoms with Crippen LogP contribution in [0.1, 0.15) is 19.8 Å². The molecule has 3 nitrogen and oxygen atoms in total. The van der Waals surface area contributed by atoms with Gasteiger partial charge in [-0.15, -0.1) is 0 Å². The molecule has 14 heavy (non-hydrogen) atoms. The minimum Gasteiger partial charge on any atom is -0.508 e. The number of hydrogen-bond acceptors (Lipinski definition) is 2. The van der Waals surface area contributed by atoms with Gasteiger partial charge < -0.3 is 9.67 Å². The standard InChI is InChI=1S/C11H12N2O/c1-11(4-5-11)13-7-12-9-3-2-8(14)6-10(9)13/h2-3,6-7,14H,4-5H2,1H3. The van der Waals surface area contributed by atoms with Gasteiger partial charge in [0.25, 0.3) is 0 Å². The van der Waals surface area contributed by atoms with Gasteiger partial charge in [0, 0.05) is 11.6 Å².